The van der Waals surface area contributed by atoms with Gasteiger partial charge in [-0.25, -0.2) is 0 Å². The number of hydrogen-bond acceptors (Lipinski definition) is 1. The quantitative estimate of drug-likeness (QED) is 0.149. The van der Waals surface area contributed by atoms with Crippen LogP contribution >= 0.6 is 0 Å². The molecule has 20 heavy (non-hydrogen) atoms. The lowest BCUT2D eigenvalue weighted by molar-refractivity contribution is -0.104. The van der Waals surface area contributed by atoms with Crippen LogP contribution in [0.25, 0.3) is 0 Å². The molecular weight excluding hydrogens is 244 g/mol. The van der Waals surface area contributed by atoms with Crippen molar-refractivity contribution in [2.24, 2.45) is 0 Å². The molecule has 1 heteroatoms. The summed E-state index contributed by atoms with van der Waals surface area (Å²) in [5, 5.41) is 0. The van der Waals surface area contributed by atoms with E-state index in [1.165, 1.54) is 57.4 Å². The van der Waals surface area contributed by atoms with Crippen LogP contribution in [-0.4, -0.2) is 6.29 Å². The highest BCUT2D eigenvalue weighted by molar-refractivity contribution is 5.65. The van der Waals surface area contributed by atoms with E-state index in [4.69, 9.17) is 0 Å². The Morgan fingerprint density at radius 3 is 2.10 bits per heavy atom. The lowest BCUT2D eigenvalue weighted by Crippen LogP contribution is -1.80. The van der Waals surface area contributed by atoms with Crippen LogP contribution in [0.15, 0.2) is 24.3 Å². The van der Waals surface area contributed by atoms with E-state index in [9.17, 15) is 4.79 Å². The summed E-state index contributed by atoms with van der Waals surface area (Å²) in [7, 11) is 0. The highest BCUT2D eigenvalue weighted by Gasteiger charge is 1.90. The summed E-state index contributed by atoms with van der Waals surface area (Å²) < 4.78 is 0. The van der Waals surface area contributed by atoms with Crippen LogP contribution in [0.3, 0.4) is 0 Å². The third-order valence-electron chi connectivity index (χ3n) is 3.11. The highest BCUT2D eigenvalue weighted by Crippen LogP contribution is 2.09. The van der Waals surface area contributed by atoms with Crippen LogP contribution in [0.4, 0.5) is 0 Å². The van der Waals surface area contributed by atoms with Crippen molar-refractivity contribution < 1.29 is 4.79 Å². The van der Waals surface area contributed by atoms with Crippen molar-refractivity contribution in [1.29, 1.82) is 0 Å². The minimum absolute atomic E-state index is 0.805. The Labute approximate surface area is 125 Å². The number of carbonyl (C=O) groups excluding carboxylic acids is 1. The summed E-state index contributed by atoms with van der Waals surface area (Å²) in [6.07, 6.45) is 21.9. The van der Waals surface area contributed by atoms with Gasteiger partial charge in [-0.3, -0.25) is 4.79 Å². The van der Waals surface area contributed by atoms with Crippen molar-refractivity contribution in [3.63, 3.8) is 0 Å². The van der Waals surface area contributed by atoms with Crippen molar-refractivity contribution in [2.45, 2.75) is 77.6 Å². The van der Waals surface area contributed by atoms with Gasteiger partial charge in [0.05, 0.1) is 0 Å². The highest BCUT2D eigenvalue weighted by atomic mass is 16.1. The molecular formula is C19H30O. The van der Waals surface area contributed by atoms with Gasteiger partial charge in [-0.2, -0.15) is 0 Å². The second kappa shape index (κ2) is 17.7. The SMILES string of the molecule is CCCC#CCCCCCCCCC/C=C/C=C\C=O. The van der Waals surface area contributed by atoms with Crippen LogP contribution in [0.1, 0.15) is 77.6 Å². The zero-order valence-electron chi connectivity index (χ0n) is 13.1. The molecule has 0 radical (unpaired) electrons. The fourth-order valence-corrected chi connectivity index (χ4v) is 1.95. The summed E-state index contributed by atoms with van der Waals surface area (Å²) in [5.41, 5.74) is 0. The summed E-state index contributed by atoms with van der Waals surface area (Å²) in [5.74, 6) is 6.44. The fourth-order valence-electron chi connectivity index (χ4n) is 1.95. The molecule has 0 heterocycles. The average Bonchev–Trinajstić information content (AvgIpc) is 2.47. The first-order valence-electron chi connectivity index (χ1n) is 8.14. The third kappa shape index (κ3) is 16.7. The molecule has 0 aromatic heterocycles. The zero-order chi connectivity index (χ0) is 14.7. The van der Waals surface area contributed by atoms with Crippen LogP contribution in [0, 0.1) is 11.8 Å². The number of unbranched alkanes of at least 4 members (excludes halogenated alkanes) is 9. The van der Waals surface area contributed by atoms with Gasteiger partial charge in [-0.15, -0.1) is 11.8 Å². The van der Waals surface area contributed by atoms with Crippen LogP contribution in [0.5, 0.6) is 0 Å². The molecule has 0 unspecified atom stereocenters. The van der Waals surface area contributed by atoms with E-state index in [1.807, 2.05) is 6.08 Å². The van der Waals surface area contributed by atoms with Crippen molar-refractivity contribution in [3.05, 3.63) is 24.3 Å². The summed E-state index contributed by atoms with van der Waals surface area (Å²) >= 11 is 0. The molecule has 0 spiro atoms. The van der Waals surface area contributed by atoms with Gasteiger partial charge in [0.2, 0.25) is 0 Å². The van der Waals surface area contributed by atoms with Gasteiger partial charge in [0.15, 0.2) is 0 Å². The van der Waals surface area contributed by atoms with E-state index in [1.54, 1.807) is 6.08 Å². The molecule has 1 nitrogen and oxygen atoms in total. The molecule has 0 aliphatic rings. The van der Waals surface area contributed by atoms with E-state index < -0.39 is 0 Å². The number of allylic oxidation sites excluding steroid dienone is 4. The molecule has 0 saturated heterocycles. The summed E-state index contributed by atoms with van der Waals surface area (Å²) in [4.78, 5) is 10.0. The fraction of sp³-hybridized carbons (Fsp3) is 0.632. The first-order valence-corrected chi connectivity index (χ1v) is 8.14. The van der Waals surface area contributed by atoms with E-state index in [0.717, 1.165) is 25.5 Å². The predicted octanol–water partition coefficient (Wildman–Crippen LogP) is 5.61. The Hall–Kier alpha value is -1.29. The van der Waals surface area contributed by atoms with E-state index in [0.29, 0.717) is 0 Å². The van der Waals surface area contributed by atoms with Crippen molar-refractivity contribution >= 4 is 6.29 Å². The van der Waals surface area contributed by atoms with E-state index in [2.05, 4.69) is 24.8 Å². The molecule has 0 aromatic carbocycles. The topological polar surface area (TPSA) is 17.1 Å². The Balaban J connectivity index is 3.14. The average molecular weight is 274 g/mol. The lowest BCUT2D eigenvalue weighted by atomic mass is 10.1. The first kappa shape index (κ1) is 18.7. The van der Waals surface area contributed by atoms with Gasteiger partial charge >= 0.3 is 0 Å². The third-order valence-corrected chi connectivity index (χ3v) is 3.11. The molecule has 0 rings (SSSR count). The van der Waals surface area contributed by atoms with Gasteiger partial charge in [-0.05, 0) is 31.8 Å². The summed E-state index contributed by atoms with van der Waals surface area (Å²) in [6.45, 7) is 2.17. The molecule has 0 aliphatic carbocycles. The maximum absolute atomic E-state index is 10.0. The van der Waals surface area contributed by atoms with E-state index in [-0.39, 0.29) is 0 Å². The zero-order valence-corrected chi connectivity index (χ0v) is 13.1. The largest absolute Gasteiger partial charge is 0.299 e. The molecule has 112 valence electrons. The molecule has 0 N–H and O–H groups in total. The predicted molar refractivity (Wildman–Crippen MR) is 88.6 cm³/mol. The number of hydrogen-bond donors (Lipinski definition) is 0. The van der Waals surface area contributed by atoms with Crippen LogP contribution < -0.4 is 0 Å². The van der Waals surface area contributed by atoms with Crippen molar-refractivity contribution in [3.8, 4) is 11.8 Å². The van der Waals surface area contributed by atoms with Gasteiger partial charge < -0.3 is 0 Å². The minimum atomic E-state index is 0.805. The second-order valence-corrected chi connectivity index (χ2v) is 5.07. The maximum atomic E-state index is 10.0. The van der Waals surface area contributed by atoms with Crippen LogP contribution in [-0.2, 0) is 4.79 Å². The lowest BCUT2D eigenvalue weighted by Gasteiger charge is -1.99. The van der Waals surface area contributed by atoms with E-state index >= 15 is 0 Å². The summed E-state index contributed by atoms with van der Waals surface area (Å²) in [6, 6.07) is 0. The van der Waals surface area contributed by atoms with Crippen molar-refractivity contribution in [2.75, 3.05) is 0 Å². The van der Waals surface area contributed by atoms with Gasteiger partial charge in [0.1, 0.15) is 6.29 Å². The molecule has 0 fully saturated rings. The normalized spacial score (nSPS) is 10.8. The second-order valence-electron chi connectivity index (χ2n) is 5.07. The molecule has 0 aromatic rings. The Morgan fingerprint density at radius 1 is 0.750 bits per heavy atom. The minimum Gasteiger partial charge on any atom is -0.299 e. The number of carbonyl (C=O) groups is 1. The standard InChI is InChI=1S/C19H30O/c1-2-3-4-5-6-7-8-9-10-11-12-13-14-15-16-17-18-19-20/h15-19H,2-3,6-14H2,1H3/b16-15+,18-17-. The number of rotatable bonds is 12. The maximum Gasteiger partial charge on any atom is 0.142 e. The monoisotopic (exact) mass is 274 g/mol. The number of aldehydes is 1. The van der Waals surface area contributed by atoms with Gasteiger partial charge in [0, 0.05) is 12.8 Å². The Morgan fingerprint density at radius 2 is 1.40 bits per heavy atom. The van der Waals surface area contributed by atoms with Crippen molar-refractivity contribution in [1.82, 2.24) is 0 Å². The smallest absolute Gasteiger partial charge is 0.142 e. The first-order chi connectivity index (χ1) is 9.91. The van der Waals surface area contributed by atoms with Gasteiger partial charge in [0.25, 0.3) is 0 Å². The van der Waals surface area contributed by atoms with Gasteiger partial charge in [-0.1, -0.05) is 57.3 Å². The van der Waals surface area contributed by atoms with Crippen LogP contribution in [0.2, 0.25) is 0 Å². The molecule has 0 saturated carbocycles. The Kier molecular flexibility index (Phi) is 16.6. The molecule has 0 amide bonds. The molecule has 0 bridgehead atoms. The molecule has 0 aliphatic heterocycles. The Bertz CT molecular complexity index is 314. The molecule has 0 atom stereocenters.